The second kappa shape index (κ2) is 9.86. The highest BCUT2D eigenvalue weighted by atomic mass is 16.5. The van der Waals surface area contributed by atoms with Crippen LogP contribution in [-0.4, -0.2) is 69.3 Å². The van der Waals surface area contributed by atoms with Gasteiger partial charge in [0.05, 0.1) is 33.5 Å². The van der Waals surface area contributed by atoms with Crippen LogP contribution >= 0.6 is 0 Å². The molecule has 1 heterocycles. The third-order valence-electron chi connectivity index (χ3n) is 2.29. The molecule has 1 aromatic rings. The molecule has 0 bridgehead atoms. The first-order valence-electron chi connectivity index (χ1n) is 6.25. The summed E-state index contributed by atoms with van der Waals surface area (Å²) in [6.45, 7) is 1.54. The minimum absolute atomic E-state index is 0.131. The summed E-state index contributed by atoms with van der Waals surface area (Å²) in [5, 5.41) is 8.67. The summed E-state index contributed by atoms with van der Waals surface area (Å²) in [6.07, 6.45) is 0. The van der Waals surface area contributed by atoms with Gasteiger partial charge in [-0.2, -0.15) is 5.10 Å². The van der Waals surface area contributed by atoms with Gasteiger partial charge in [0, 0.05) is 13.2 Å². The van der Waals surface area contributed by atoms with Crippen molar-refractivity contribution in [3.8, 4) is 0 Å². The van der Waals surface area contributed by atoms with E-state index in [9.17, 15) is 9.59 Å². The Hall–Kier alpha value is -1.97. The molecule has 0 radical (unpaired) electrons. The van der Waals surface area contributed by atoms with Crippen molar-refractivity contribution in [1.29, 1.82) is 0 Å². The van der Waals surface area contributed by atoms with Crippen LogP contribution in [0.5, 0.6) is 0 Å². The average Bonchev–Trinajstić information content (AvgIpc) is 2.94. The lowest BCUT2D eigenvalue weighted by Crippen LogP contribution is -2.20. The predicted molar refractivity (Wildman–Crippen MR) is 72.1 cm³/mol. The van der Waals surface area contributed by atoms with Crippen LogP contribution in [0.15, 0.2) is 6.07 Å². The van der Waals surface area contributed by atoms with E-state index in [1.165, 1.54) is 13.2 Å². The number of anilines is 1. The van der Waals surface area contributed by atoms with Crippen LogP contribution in [0.2, 0.25) is 0 Å². The smallest absolute Gasteiger partial charge is 0.356 e. The summed E-state index contributed by atoms with van der Waals surface area (Å²) in [5.74, 6) is -0.720. The number of amides is 1. The summed E-state index contributed by atoms with van der Waals surface area (Å²) in [7, 11) is 2.84. The van der Waals surface area contributed by atoms with E-state index in [0.717, 1.165) is 0 Å². The number of carbonyl (C=O) groups excluding carboxylic acids is 2. The Morgan fingerprint density at radius 3 is 2.62 bits per heavy atom. The minimum atomic E-state index is -0.563. The van der Waals surface area contributed by atoms with Crippen molar-refractivity contribution in [2.45, 2.75) is 0 Å². The fourth-order valence-corrected chi connectivity index (χ4v) is 1.31. The Bertz CT molecular complexity index is 448. The lowest BCUT2D eigenvalue weighted by atomic mass is 10.4. The van der Waals surface area contributed by atoms with E-state index in [-0.39, 0.29) is 24.0 Å². The maximum atomic E-state index is 11.5. The summed E-state index contributed by atoms with van der Waals surface area (Å²) in [4.78, 5) is 22.7. The molecule has 0 aliphatic rings. The van der Waals surface area contributed by atoms with Crippen molar-refractivity contribution in [2.75, 3.05) is 52.6 Å². The third kappa shape index (κ3) is 6.84. The molecule has 0 aromatic carbocycles. The molecule has 9 nitrogen and oxygen atoms in total. The first kappa shape index (κ1) is 17.1. The Kier molecular flexibility index (Phi) is 8.02. The molecule has 0 aliphatic carbocycles. The van der Waals surface area contributed by atoms with Gasteiger partial charge in [-0.05, 0) is 0 Å². The molecule has 0 fully saturated rings. The monoisotopic (exact) mass is 301 g/mol. The Labute approximate surface area is 121 Å². The Morgan fingerprint density at radius 2 is 1.90 bits per heavy atom. The van der Waals surface area contributed by atoms with E-state index < -0.39 is 5.97 Å². The number of rotatable bonds is 10. The molecule has 1 rings (SSSR count). The van der Waals surface area contributed by atoms with Gasteiger partial charge >= 0.3 is 5.97 Å². The van der Waals surface area contributed by atoms with Gasteiger partial charge in [-0.3, -0.25) is 9.89 Å². The van der Waals surface area contributed by atoms with Crippen LogP contribution in [0.3, 0.4) is 0 Å². The van der Waals surface area contributed by atoms with Crippen molar-refractivity contribution in [2.24, 2.45) is 0 Å². The zero-order valence-electron chi connectivity index (χ0n) is 12.0. The highest BCUT2D eigenvalue weighted by Crippen LogP contribution is 2.06. The molecule has 0 aliphatic heterocycles. The first-order chi connectivity index (χ1) is 10.2. The fourth-order valence-electron chi connectivity index (χ4n) is 1.31. The quantitative estimate of drug-likeness (QED) is 0.455. The second-order valence-corrected chi connectivity index (χ2v) is 3.86. The summed E-state index contributed by atoms with van der Waals surface area (Å²) < 4.78 is 19.6. The number of aromatic amines is 1. The molecular formula is C12H19N3O6. The summed E-state index contributed by atoms with van der Waals surface area (Å²) in [5.41, 5.74) is 0.153. The highest BCUT2D eigenvalue weighted by Gasteiger charge is 2.11. The number of hydrogen-bond donors (Lipinski definition) is 2. The summed E-state index contributed by atoms with van der Waals surface area (Å²) in [6, 6.07) is 1.37. The molecule has 1 amide bonds. The molecule has 0 unspecified atom stereocenters. The maximum absolute atomic E-state index is 11.5. The van der Waals surface area contributed by atoms with Gasteiger partial charge in [0.2, 0.25) is 0 Å². The zero-order valence-corrected chi connectivity index (χ0v) is 12.0. The van der Waals surface area contributed by atoms with Crippen molar-refractivity contribution < 1.29 is 28.5 Å². The maximum Gasteiger partial charge on any atom is 0.356 e. The van der Waals surface area contributed by atoms with E-state index in [1.807, 2.05) is 0 Å². The van der Waals surface area contributed by atoms with Crippen LogP contribution in [0, 0.1) is 0 Å². The largest absolute Gasteiger partial charge is 0.464 e. The lowest BCUT2D eigenvalue weighted by molar-refractivity contribution is -0.121. The number of hydrogen-bond acceptors (Lipinski definition) is 7. The van der Waals surface area contributed by atoms with Crippen molar-refractivity contribution in [1.82, 2.24) is 10.2 Å². The van der Waals surface area contributed by atoms with Crippen LogP contribution in [0.25, 0.3) is 0 Å². The number of nitrogens with one attached hydrogen (secondary N) is 2. The number of methoxy groups -OCH3 is 2. The van der Waals surface area contributed by atoms with Crippen LogP contribution in [0.4, 0.5) is 5.82 Å². The highest BCUT2D eigenvalue weighted by molar-refractivity contribution is 5.93. The molecule has 0 saturated carbocycles. The standard InChI is InChI=1S/C12H19N3O6/c1-18-3-4-20-5-6-21-8-11(16)13-10-7-9(14-15-10)12(17)19-2/h7H,3-6,8H2,1-2H3,(H2,13,14,15,16). The number of aromatic nitrogens is 2. The third-order valence-corrected chi connectivity index (χ3v) is 2.29. The molecule has 118 valence electrons. The molecule has 21 heavy (non-hydrogen) atoms. The van der Waals surface area contributed by atoms with Gasteiger partial charge in [0.1, 0.15) is 12.3 Å². The van der Waals surface area contributed by atoms with Crippen LogP contribution in [-0.2, 0) is 23.7 Å². The number of nitrogens with zero attached hydrogens (tertiary/aromatic N) is 1. The fraction of sp³-hybridized carbons (Fsp3) is 0.583. The molecular weight excluding hydrogens is 282 g/mol. The Morgan fingerprint density at radius 1 is 1.19 bits per heavy atom. The lowest BCUT2D eigenvalue weighted by Gasteiger charge is -2.05. The van der Waals surface area contributed by atoms with Gasteiger partial charge in [-0.25, -0.2) is 4.79 Å². The number of esters is 1. The van der Waals surface area contributed by atoms with Gasteiger partial charge < -0.3 is 24.3 Å². The van der Waals surface area contributed by atoms with Gasteiger partial charge in [-0.1, -0.05) is 0 Å². The van der Waals surface area contributed by atoms with Gasteiger partial charge in [-0.15, -0.1) is 0 Å². The average molecular weight is 301 g/mol. The second-order valence-electron chi connectivity index (χ2n) is 3.86. The molecule has 2 N–H and O–H groups in total. The van der Waals surface area contributed by atoms with E-state index in [0.29, 0.717) is 26.4 Å². The van der Waals surface area contributed by atoms with E-state index in [2.05, 4.69) is 20.3 Å². The normalized spacial score (nSPS) is 10.4. The van der Waals surface area contributed by atoms with Gasteiger partial charge in [0.25, 0.3) is 5.91 Å². The van der Waals surface area contributed by atoms with Crippen molar-refractivity contribution in [3.05, 3.63) is 11.8 Å². The molecule has 0 atom stereocenters. The van der Waals surface area contributed by atoms with Crippen LogP contribution in [0.1, 0.15) is 10.5 Å². The number of carbonyl (C=O) groups is 2. The van der Waals surface area contributed by atoms with Gasteiger partial charge in [0.15, 0.2) is 5.82 Å². The SMILES string of the molecule is COCCOCCOCC(=O)Nc1cc(C(=O)OC)[nH]n1. The first-order valence-corrected chi connectivity index (χ1v) is 6.25. The molecule has 0 spiro atoms. The summed E-state index contributed by atoms with van der Waals surface area (Å²) >= 11 is 0. The topological polar surface area (TPSA) is 112 Å². The number of H-pyrrole nitrogens is 1. The predicted octanol–water partition coefficient (Wildman–Crippen LogP) is -0.186. The van der Waals surface area contributed by atoms with Crippen molar-refractivity contribution in [3.63, 3.8) is 0 Å². The van der Waals surface area contributed by atoms with E-state index in [1.54, 1.807) is 7.11 Å². The number of ether oxygens (including phenoxy) is 4. The molecule has 9 heteroatoms. The zero-order chi connectivity index (χ0) is 15.5. The van der Waals surface area contributed by atoms with Crippen molar-refractivity contribution >= 4 is 17.7 Å². The molecule has 0 saturated heterocycles. The van der Waals surface area contributed by atoms with E-state index in [4.69, 9.17) is 14.2 Å². The minimum Gasteiger partial charge on any atom is -0.464 e. The van der Waals surface area contributed by atoms with E-state index >= 15 is 0 Å². The Balaban J connectivity index is 2.16. The molecule has 1 aromatic heterocycles. The van der Waals surface area contributed by atoms with Crippen LogP contribution < -0.4 is 5.32 Å².